The van der Waals surface area contributed by atoms with Crippen LogP contribution in [-0.4, -0.2) is 83.4 Å². The summed E-state index contributed by atoms with van der Waals surface area (Å²) in [4.78, 5) is 22.2. The Kier molecular flexibility index (Phi) is 7.12. The Morgan fingerprint density at radius 3 is 2.63 bits per heavy atom. The number of pyridine rings is 2. The number of aromatic nitrogens is 4. The van der Waals surface area contributed by atoms with E-state index in [1.165, 1.54) is 6.26 Å². The molecule has 38 heavy (non-hydrogen) atoms. The van der Waals surface area contributed by atoms with E-state index in [0.717, 1.165) is 22.2 Å². The van der Waals surface area contributed by atoms with Crippen LogP contribution in [0.5, 0.6) is 0 Å². The van der Waals surface area contributed by atoms with Crippen LogP contribution in [0.15, 0.2) is 30.7 Å². The van der Waals surface area contributed by atoms with Gasteiger partial charge in [0.05, 0.1) is 36.0 Å². The van der Waals surface area contributed by atoms with Gasteiger partial charge in [0.1, 0.15) is 27.6 Å². The molecule has 12 heteroatoms. The first-order valence-electron chi connectivity index (χ1n) is 12.9. The number of alkyl halides is 1. The minimum absolute atomic E-state index is 0.0466. The number of halogens is 1. The predicted octanol–water partition coefficient (Wildman–Crippen LogP) is 3.07. The summed E-state index contributed by atoms with van der Waals surface area (Å²) in [5, 5.41) is 14.9. The summed E-state index contributed by atoms with van der Waals surface area (Å²) < 4.78 is 37.6. The van der Waals surface area contributed by atoms with Crippen LogP contribution in [0, 0.1) is 5.92 Å². The largest absolute Gasteiger partial charge is 0.390 e. The predicted molar refractivity (Wildman–Crippen MR) is 147 cm³/mol. The maximum absolute atomic E-state index is 14.0. The van der Waals surface area contributed by atoms with Crippen molar-refractivity contribution in [3.8, 4) is 0 Å². The van der Waals surface area contributed by atoms with Crippen LogP contribution in [0.4, 0.5) is 27.7 Å². The van der Waals surface area contributed by atoms with Gasteiger partial charge in [-0.3, -0.25) is 4.98 Å². The van der Waals surface area contributed by atoms with Crippen molar-refractivity contribution in [1.82, 2.24) is 19.9 Å². The molecule has 5 rings (SSSR count). The summed E-state index contributed by atoms with van der Waals surface area (Å²) in [6.07, 6.45) is 4.62. The number of aliphatic hydroxyl groups is 1. The van der Waals surface area contributed by atoms with Gasteiger partial charge in [-0.2, -0.15) is 4.98 Å². The summed E-state index contributed by atoms with van der Waals surface area (Å²) in [6.45, 7) is 7.41. The summed E-state index contributed by atoms with van der Waals surface area (Å²) in [5.74, 6) is 1.96. The third-order valence-corrected chi connectivity index (χ3v) is 8.48. The summed E-state index contributed by atoms with van der Waals surface area (Å²) in [5.41, 5.74) is 1.89. The molecule has 3 aromatic rings. The van der Waals surface area contributed by atoms with Gasteiger partial charge < -0.3 is 20.2 Å². The number of nitrogens with zero attached hydrogens (tertiary/aromatic N) is 6. The van der Waals surface area contributed by atoms with Crippen LogP contribution in [-0.2, 0) is 9.84 Å². The zero-order valence-electron chi connectivity index (χ0n) is 22.0. The molecule has 0 radical (unpaired) electrons. The molecule has 0 amide bonds. The van der Waals surface area contributed by atoms with Crippen LogP contribution in [0.25, 0.3) is 10.8 Å². The molecular formula is C26H34FN7O3S. The number of fused-ring (bicyclic) bond motifs is 1. The van der Waals surface area contributed by atoms with E-state index >= 15 is 0 Å². The quantitative estimate of drug-likeness (QED) is 0.459. The Morgan fingerprint density at radius 1 is 1.16 bits per heavy atom. The minimum atomic E-state index is -3.04. The molecular weight excluding hydrogens is 509 g/mol. The number of nitrogens with one attached hydrogen (secondary N) is 1. The monoisotopic (exact) mass is 543 g/mol. The average Bonchev–Trinajstić information content (AvgIpc) is 2.86. The first-order valence-corrected chi connectivity index (χ1v) is 15.0. The van der Waals surface area contributed by atoms with Crippen molar-refractivity contribution in [3.05, 3.63) is 36.4 Å². The number of aliphatic hydroxyl groups excluding tert-OH is 1. The molecule has 0 bridgehead atoms. The van der Waals surface area contributed by atoms with Crippen LogP contribution in [0.2, 0.25) is 0 Å². The van der Waals surface area contributed by atoms with Gasteiger partial charge in [0.15, 0.2) is 0 Å². The second-order valence-corrected chi connectivity index (χ2v) is 12.9. The number of piperidine rings is 1. The second kappa shape index (κ2) is 10.2. The Balaban J connectivity index is 1.41. The molecule has 2 aliphatic rings. The fourth-order valence-electron chi connectivity index (χ4n) is 5.26. The lowest BCUT2D eigenvalue weighted by Crippen LogP contribution is -2.57. The first-order chi connectivity index (χ1) is 18.0. The van der Waals surface area contributed by atoms with Gasteiger partial charge in [0, 0.05) is 54.5 Å². The van der Waals surface area contributed by atoms with Gasteiger partial charge in [0.25, 0.3) is 0 Å². The van der Waals surface area contributed by atoms with Crippen LogP contribution < -0.4 is 15.1 Å². The zero-order chi connectivity index (χ0) is 27.2. The van der Waals surface area contributed by atoms with Crippen LogP contribution in [0.3, 0.4) is 0 Å². The van der Waals surface area contributed by atoms with E-state index in [0.29, 0.717) is 37.1 Å². The van der Waals surface area contributed by atoms with E-state index in [2.05, 4.69) is 39.0 Å². The molecule has 3 aromatic heterocycles. The van der Waals surface area contributed by atoms with Crippen molar-refractivity contribution < 1.29 is 17.9 Å². The highest BCUT2D eigenvalue weighted by Gasteiger charge is 2.38. The standard InChI is InChI=1S/C26H34FN7O3S/c1-15(2)25-18-9-24(31-23-5-7-28-26(32-23)33-8-6-22(35)20(27)13-33)29-10-19(18)21(11-30-25)34-12-17(16(34)3)14-38(4,36)37/h5,7,9-11,15-17,20,22,35H,6,8,12-14H2,1-4H3,(H,28,29,31,32)/t16-,17-,20-,22+/m1/s1. The molecule has 0 spiro atoms. The number of rotatable bonds is 7. The number of hydrogen-bond donors (Lipinski definition) is 2. The Hall–Kier alpha value is -3.12. The molecule has 10 nitrogen and oxygen atoms in total. The van der Waals surface area contributed by atoms with E-state index < -0.39 is 22.1 Å². The fourth-order valence-corrected chi connectivity index (χ4v) is 6.42. The van der Waals surface area contributed by atoms with E-state index in [-0.39, 0.29) is 30.2 Å². The second-order valence-electron chi connectivity index (χ2n) is 10.7. The van der Waals surface area contributed by atoms with Gasteiger partial charge in [-0.25, -0.2) is 22.8 Å². The Morgan fingerprint density at radius 2 is 1.95 bits per heavy atom. The molecule has 0 saturated carbocycles. The molecule has 2 saturated heterocycles. The van der Waals surface area contributed by atoms with Crippen molar-refractivity contribution in [2.24, 2.45) is 5.92 Å². The molecule has 2 N–H and O–H groups in total. The van der Waals surface area contributed by atoms with E-state index in [1.807, 2.05) is 25.4 Å². The minimum Gasteiger partial charge on any atom is -0.390 e. The van der Waals surface area contributed by atoms with E-state index in [9.17, 15) is 17.9 Å². The van der Waals surface area contributed by atoms with Gasteiger partial charge in [-0.1, -0.05) is 13.8 Å². The molecule has 2 aliphatic heterocycles. The topological polar surface area (TPSA) is 124 Å². The summed E-state index contributed by atoms with van der Waals surface area (Å²) in [7, 11) is -3.04. The van der Waals surface area contributed by atoms with Gasteiger partial charge in [0.2, 0.25) is 5.95 Å². The molecule has 0 unspecified atom stereocenters. The van der Waals surface area contributed by atoms with Crippen molar-refractivity contribution in [3.63, 3.8) is 0 Å². The molecule has 204 valence electrons. The fraction of sp³-hybridized carbons (Fsp3) is 0.538. The van der Waals surface area contributed by atoms with E-state index in [4.69, 9.17) is 4.98 Å². The average molecular weight is 544 g/mol. The summed E-state index contributed by atoms with van der Waals surface area (Å²) in [6, 6.07) is 3.76. The van der Waals surface area contributed by atoms with Crippen LogP contribution >= 0.6 is 0 Å². The first kappa shape index (κ1) is 26.5. The lowest BCUT2D eigenvalue weighted by atomic mass is 9.90. The maximum atomic E-state index is 14.0. The number of sulfone groups is 1. The molecule has 4 atom stereocenters. The van der Waals surface area contributed by atoms with Crippen molar-refractivity contribution in [2.45, 2.75) is 51.4 Å². The number of hydrogen-bond acceptors (Lipinski definition) is 10. The normalized spacial score (nSPS) is 24.1. The highest BCUT2D eigenvalue weighted by Crippen LogP contribution is 2.38. The highest BCUT2D eigenvalue weighted by atomic mass is 32.2. The van der Waals surface area contributed by atoms with Crippen molar-refractivity contribution in [2.75, 3.05) is 46.8 Å². The van der Waals surface area contributed by atoms with Gasteiger partial charge >= 0.3 is 0 Å². The molecule has 0 aliphatic carbocycles. The van der Waals surface area contributed by atoms with Crippen molar-refractivity contribution >= 4 is 43.9 Å². The summed E-state index contributed by atoms with van der Waals surface area (Å²) >= 11 is 0. The van der Waals surface area contributed by atoms with Gasteiger partial charge in [-0.15, -0.1) is 0 Å². The SMILES string of the molecule is CC(C)c1ncc(N2C[C@H](CS(C)(=O)=O)[C@H]2C)c2cnc(Nc3ccnc(N4CC[C@H](O)[C@H](F)C4)n3)cc12. The highest BCUT2D eigenvalue weighted by molar-refractivity contribution is 7.90. The van der Waals surface area contributed by atoms with Crippen LogP contribution in [0.1, 0.15) is 38.8 Å². The van der Waals surface area contributed by atoms with Gasteiger partial charge in [-0.05, 0) is 31.4 Å². The third-order valence-electron chi connectivity index (χ3n) is 7.45. The molecule has 0 aromatic carbocycles. The number of anilines is 4. The lowest BCUT2D eigenvalue weighted by molar-refractivity contribution is 0.0612. The lowest BCUT2D eigenvalue weighted by Gasteiger charge is -2.48. The smallest absolute Gasteiger partial charge is 0.227 e. The molecule has 5 heterocycles. The maximum Gasteiger partial charge on any atom is 0.227 e. The Labute approximate surface area is 222 Å². The Bertz CT molecular complexity index is 1440. The molecule has 2 fully saturated rings. The van der Waals surface area contributed by atoms with Crippen molar-refractivity contribution in [1.29, 1.82) is 0 Å². The third kappa shape index (κ3) is 5.37. The van der Waals surface area contributed by atoms with E-state index in [1.54, 1.807) is 17.2 Å². The zero-order valence-corrected chi connectivity index (χ0v) is 22.9.